The second-order valence-corrected chi connectivity index (χ2v) is 6.21. The van der Waals surface area contributed by atoms with Gasteiger partial charge in [-0.15, -0.1) is 0 Å². The summed E-state index contributed by atoms with van der Waals surface area (Å²) in [6.45, 7) is 4.79. The molecule has 1 N–H and O–H groups in total. The summed E-state index contributed by atoms with van der Waals surface area (Å²) in [6, 6.07) is 6.57. The molecule has 1 amide bonds. The average molecular weight is 322 g/mol. The van der Waals surface area contributed by atoms with Crippen molar-refractivity contribution in [1.29, 1.82) is 0 Å². The zero-order chi connectivity index (χ0) is 16.2. The lowest BCUT2D eigenvalue weighted by atomic mass is 10.0. The molecule has 0 aromatic heterocycles. The van der Waals surface area contributed by atoms with Crippen molar-refractivity contribution in [2.24, 2.45) is 0 Å². The summed E-state index contributed by atoms with van der Waals surface area (Å²) >= 11 is 0. The number of amides is 1. The molecule has 2 heterocycles. The molecule has 0 radical (unpaired) electrons. The molecule has 2 aliphatic rings. The number of rotatable bonds is 5. The van der Waals surface area contributed by atoms with Crippen LogP contribution >= 0.6 is 0 Å². The third-order valence-corrected chi connectivity index (χ3v) is 4.36. The fraction of sp³-hybridized carbons (Fsp3) is 0.588. The van der Waals surface area contributed by atoms with Crippen LogP contribution in [0.3, 0.4) is 0 Å². The van der Waals surface area contributed by atoms with Gasteiger partial charge in [0.15, 0.2) is 6.10 Å². The summed E-state index contributed by atoms with van der Waals surface area (Å²) in [6.07, 6.45) is 1.51. The van der Waals surface area contributed by atoms with Crippen LogP contribution in [-0.2, 0) is 9.53 Å². The second kappa shape index (κ2) is 7.27. The Hall–Kier alpha value is -1.66. The van der Waals surface area contributed by atoms with Gasteiger partial charge < -0.3 is 19.7 Å². The summed E-state index contributed by atoms with van der Waals surface area (Å²) in [5.41, 5.74) is 0. The van der Waals surface area contributed by atoms with Crippen LogP contribution in [-0.4, -0.2) is 55.3 Å². The first kappa shape index (κ1) is 16.2. The predicted molar refractivity (Wildman–Crippen MR) is 83.8 cm³/mol. The molecule has 2 aliphatic heterocycles. The van der Waals surface area contributed by atoms with Gasteiger partial charge in [0.1, 0.15) is 11.6 Å². The van der Waals surface area contributed by atoms with Gasteiger partial charge in [0.25, 0.3) is 5.91 Å². The molecule has 5 nitrogen and oxygen atoms in total. The van der Waals surface area contributed by atoms with E-state index in [1.165, 1.54) is 24.3 Å². The molecule has 1 aromatic carbocycles. The minimum absolute atomic E-state index is 0.0284. The van der Waals surface area contributed by atoms with Crippen LogP contribution in [0.1, 0.15) is 19.8 Å². The van der Waals surface area contributed by atoms with E-state index in [0.29, 0.717) is 30.9 Å². The number of carbonyl (C=O) groups is 1. The smallest absolute Gasteiger partial charge is 0.263 e. The fourth-order valence-electron chi connectivity index (χ4n) is 2.99. The topological polar surface area (TPSA) is 50.8 Å². The van der Waals surface area contributed by atoms with Gasteiger partial charge in [-0.2, -0.15) is 0 Å². The molecule has 2 fully saturated rings. The number of nitrogens with one attached hydrogen (secondary N) is 1. The van der Waals surface area contributed by atoms with E-state index >= 15 is 0 Å². The zero-order valence-corrected chi connectivity index (χ0v) is 13.3. The Kier molecular flexibility index (Phi) is 5.13. The van der Waals surface area contributed by atoms with Crippen LogP contribution in [0.5, 0.6) is 5.75 Å². The van der Waals surface area contributed by atoms with Gasteiger partial charge in [-0.1, -0.05) is 0 Å². The molecule has 23 heavy (non-hydrogen) atoms. The number of hydrogen-bond donors (Lipinski definition) is 1. The summed E-state index contributed by atoms with van der Waals surface area (Å²) in [7, 11) is 0. The Bertz CT molecular complexity index is 525. The van der Waals surface area contributed by atoms with Gasteiger partial charge in [0.2, 0.25) is 0 Å². The standard InChI is InChI=1S/C17H23FN2O3/c1-12(23-16-4-2-13(18)3-5-16)17(21)20-10-15(11-20)19-14-6-8-22-9-7-14/h2-5,12,14-15,19H,6-11H2,1H3. The van der Waals surface area contributed by atoms with E-state index in [0.717, 1.165) is 26.1 Å². The number of halogens is 1. The van der Waals surface area contributed by atoms with Gasteiger partial charge in [0.05, 0.1) is 0 Å². The van der Waals surface area contributed by atoms with E-state index < -0.39 is 6.10 Å². The Morgan fingerprint density at radius 1 is 1.26 bits per heavy atom. The third-order valence-electron chi connectivity index (χ3n) is 4.36. The highest BCUT2D eigenvalue weighted by Gasteiger charge is 2.34. The van der Waals surface area contributed by atoms with Crippen LogP contribution in [0.25, 0.3) is 0 Å². The minimum Gasteiger partial charge on any atom is -0.481 e. The van der Waals surface area contributed by atoms with E-state index in [-0.39, 0.29) is 11.7 Å². The molecule has 126 valence electrons. The molecule has 0 spiro atoms. The first-order chi connectivity index (χ1) is 11.1. The molecule has 1 aromatic rings. The molecule has 6 heteroatoms. The summed E-state index contributed by atoms with van der Waals surface area (Å²) in [5, 5.41) is 3.58. The second-order valence-electron chi connectivity index (χ2n) is 6.21. The lowest BCUT2D eigenvalue weighted by molar-refractivity contribution is -0.143. The van der Waals surface area contributed by atoms with Crippen molar-refractivity contribution >= 4 is 5.91 Å². The maximum absolute atomic E-state index is 12.9. The van der Waals surface area contributed by atoms with Crippen LogP contribution in [0.15, 0.2) is 24.3 Å². The summed E-state index contributed by atoms with van der Waals surface area (Å²) in [5.74, 6) is 0.158. The van der Waals surface area contributed by atoms with Gasteiger partial charge in [-0.05, 0) is 44.0 Å². The minimum atomic E-state index is -0.565. The summed E-state index contributed by atoms with van der Waals surface area (Å²) in [4.78, 5) is 14.1. The first-order valence-corrected chi connectivity index (χ1v) is 8.16. The Morgan fingerprint density at radius 2 is 1.91 bits per heavy atom. The zero-order valence-electron chi connectivity index (χ0n) is 13.3. The Labute approximate surface area is 135 Å². The highest BCUT2D eigenvalue weighted by molar-refractivity contribution is 5.81. The van der Waals surface area contributed by atoms with Gasteiger partial charge in [-0.3, -0.25) is 4.79 Å². The highest BCUT2D eigenvalue weighted by atomic mass is 19.1. The average Bonchev–Trinajstić information content (AvgIpc) is 2.53. The highest BCUT2D eigenvalue weighted by Crippen LogP contribution is 2.17. The van der Waals surface area contributed by atoms with Crippen molar-refractivity contribution in [1.82, 2.24) is 10.2 Å². The number of hydrogen-bond acceptors (Lipinski definition) is 4. The normalized spacial score (nSPS) is 20.9. The van der Waals surface area contributed by atoms with Crippen LogP contribution < -0.4 is 10.1 Å². The number of benzene rings is 1. The van der Waals surface area contributed by atoms with Crippen molar-refractivity contribution < 1.29 is 18.7 Å². The van der Waals surface area contributed by atoms with Gasteiger partial charge in [0, 0.05) is 38.4 Å². The Morgan fingerprint density at radius 3 is 2.57 bits per heavy atom. The molecule has 2 saturated heterocycles. The molecule has 0 bridgehead atoms. The van der Waals surface area contributed by atoms with Crippen LogP contribution in [0.4, 0.5) is 4.39 Å². The largest absolute Gasteiger partial charge is 0.481 e. The summed E-state index contributed by atoms with van der Waals surface area (Å²) < 4.78 is 23.8. The number of nitrogens with zero attached hydrogens (tertiary/aromatic N) is 1. The molecule has 1 unspecified atom stereocenters. The molecule has 0 aliphatic carbocycles. The monoisotopic (exact) mass is 322 g/mol. The van der Waals surface area contributed by atoms with Crippen LogP contribution in [0, 0.1) is 5.82 Å². The van der Waals surface area contributed by atoms with Crippen molar-refractivity contribution in [3.8, 4) is 5.75 Å². The van der Waals surface area contributed by atoms with Crippen molar-refractivity contribution in [2.75, 3.05) is 26.3 Å². The first-order valence-electron chi connectivity index (χ1n) is 8.16. The maximum Gasteiger partial charge on any atom is 0.263 e. The van der Waals surface area contributed by atoms with Crippen molar-refractivity contribution in [2.45, 2.75) is 38.0 Å². The van der Waals surface area contributed by atoms with E-state index in [1.807, 2.05) is 0 Å². The molecule has 0 saturated carbocycles. The lowest BCUT2D eigenvalue weighted by Gasteiger charge is -2.43. The number of carbonyl (C=O) groups excluding carboxylic acids is 1. The fourth-order valence-corrected chi connectivity index (χ4v) is 2.99. The van der Waals surface area contributed by atoms with Gasteiger partial charge >= 0.3 is 0 Å². The van der Waals surface area contributed by atoms with E-state index in [9.17, 15) is 9.18 Å². The molecule has 1 atom stereocenters. The SMILES string of the molecule is CC(Oc1ccc(F)cc1)C(=O)N1CC(NC2CCOCC2)C1. The third kappa shape index (κ3) is 4.20. The maximum atomic E-state index is 12.9. The number of ether oxygens (including phenoxy) is 2. The molecule has 3 rings (SSSR count). The van der Waals surface area contributed by atoms with Crippen LogP contribution in [0.2, 0.25) is 0 Å². The van der Waals surface area contributed by atoms with Crippen molar-refractivity contribution in [3.63, 3.8) is 0 Å². The van der Waals surface area contributed by atoms with E-state index in [4.69, 9.17) is 9.47 Å². The molecular formula is C17H23FN2O3. The van der Waals surface area contributed by atoms with Gasteiger partial charge in [-0.25, -0.2) is 4.39 Å². The number of likely N-dealkylation sites (tertiary alicyclic amines) is 1. The van der Waals surface area contributed by atoms with Crippen molar-refractivity contribution in [3.05, 3.63) is 30.1 Å². The lowest BCUT2D eigenvalue weighted by Crippen LogP contribution is -2.63. The van der Waals surface area contributed by atoms with E-state index in [1.54, 1.807) is 11.8 Å². The van der Waals surface area contributed by atoms with E-state index in [2.05, 4.69) is 5.32 Å². The molecular weight excluding hydrogens is 299 g/mol. The quantitative estimate of drug-likeness (QED) is 0.894. The predicted octanol–water partition coefficient (Wildman–Crippen LogP) is 1.57. The Balaban J connectivity index is 1.41.